The maximum Gasteiger partial charge on any atom is 0.294 e. The third kappa shape index (κ3) is 3.67. The predicted molar refractivity (Wildman–Crippen MR) is 80.8 cm³/mol. The van der Waals surface area contributed by atoms with E-state index in [-0.39, 0.29) is 17.3 Å². The van der Waals surface area contributed by atoms with E-state index in [2.05, 4.69) is 10.4 Å². The van der Waals surface area contributed by atoms with Gasteiger partial charge >= 0.3 is 0 Å². The van der Waals surface area contributed by atoms with E-state index in [0.29, 0.717) is 12.2 Å². The number of rotatable bonds is 5. The minimum absolute atomic E-state index is 0.0827. The lowest BCUT2D eigenvalue weighted by Gasteiger charge is -2.18. The summed E-state index contributed by atoms with van der Waals surface area (Å²) < 4.78 is 1.31. The van der Waals surface area contributed by atoms with E-state index in [1.54, 1.807) is 32.0 Å². The molecule has 116 valence electrons. The molecule has 22 heavy (non-hydrogen) atoms. The number of benzene rings is 1. The molecule has 0 fully saturated rings. The van der Waals surface area contributed by atoms with Gasteiger partial charge in [0.2, 0.25) is 0 Å². The van der Waals surface area contributed by atoms with Gasteiger partial charge < -0.3 is 11.1 Å². The number of nitro benzene ring substituents is 1. The van der Waals surface area contributed by atoms with Crippen LogP contribution in [0.2, 0.25) is 0 Å². The van der Waals surface area contributed by atoms with Crippen LogP contribution >= 0.6 is 0 Å². The van der Waals surface area contributed by atoms with Gasteiger partial charge in [0, 0.05) is 24.3 Å². The van der Waals surface area contributed by atoms with Gasteiger partial charge in [-0.15, -0.1) is 0 Å². The number of nitrogens with one attached hydrogen (secondary N) is 1. The molecule has 0 spiro atoms. The van der Waals surface area contributed by atoms with Crippen LogP contribution in [0.15, 0.2) is 36.5 Å². The first-order valence-corrected chi connectivity index (χ1v) is 6.64. The molecule has 1 aromatic carbocycles. The van der Waals surface area contributed by atoms with Crippen molar-refractivity contribution in [1.29, 1.82) is 0 Å². The molecule has 0 bridgehead atoms. The molecule has 0 saturated carbocycles. The number of carbonyl (C=O) groups excluding carboxylic acids is 1. The van der Waals surface area contributed by atoms with E-state index in [9.17, 15) is 14.9 Å². The average Bonchev–Trinajstić information content (AvgIpc) is 2.93. The van der Waals surface area contributed by atoms with Gasteiger partial charge in [0.25, 0.3) is 11.6 Å². The number of aromatic nitrogens is 2. The molecule has 1 aromatic heterocycles. The first-order valence-electron chi connectivity index (χ1n) is 6.64. The van der Waals surface area contributed by atoms with Crippen molar-refractivity contribution in [1.82, 2.24) is 15.1 Å². The Labute approximate surface area is 127 Å². The summed E-state index contributed by atoms with van der Waals surface area (Å²) >= 11 is 0. The van der Waals surface area contributed by atoms with Crippen LogP contribution in [0.25, 0.3) is 5.69 Å². The summed E-state index contributed by atoms with van der Waals surface area (Å²) in [5.41, 5.74) is 5.65. The van der Waals surface area contributed by atoms with Crippen molar-refractivity contribution in [3.05, 3.63) is 52.3 Å². The molecule has 0 aliphatic carbocycles. The fourth-order valence-corrected chi connectivity index (χ4v) is 1.79. The zero-order valence-electron chi connectivity index (χ0n) is 12.3. The summed E-state index contributed by atoms with van der Waals surface area (Å²) in [4.78, 5) is 22.5. The molecule has 2 rings (SSSR count). The van der Waals surface area contributed by atoms with Gasteiger partial charge in [-0.25, -0.2) is 4.68 Å². The lowest BCUT2D eigenvalue weighted by molar-refractivity contribution is -0.384. The van der Waals surface area contributed by atoms with Crippen LogP contribution < -0.4 is 11.1 Å². The van der Waals surface area contributed by atoms with Gasteiger partial charge in [-0.3, -0.25) is 14.9 Å². The highest BCUT2D eigenvalue weighted by Gasteiger charge is 2.18. The minimum atomic E-state index is -0.531. The van der Waals surface area contributed by atoms with E-state index in [1.807, 2.05) is 0 Å². The maximum atomic E-state index is 12.0. The van der Waals surface area contributed by atoms with Crippen molar-refractivity contribution in [2.45, 2.75) is 19.4 Å². The van der Waals surface area contributed by atoms with E-state index in [4.69, 9.17) is 5.73 Å². The van der Waals surface area contributed by atoms with Crippen LogP contribution in [0.5, 0.6) is 0 Å². The Morgan fingerprint density at radius 1 is 1.41 bits per heavy atom. The van der Waals surface area contributed by atoms with E-state index < -0.39 is 10.5 Å². The lowest BCUT2D eigenvalue weighted by Crippen LogP contribution is -2.45. The molecule has 8 nitrogen and oxygen atoms in total. The van der Waals surface area contributed by atoms with E-state index in [0.717, 1.165) is 0 Å². The number of carbonyl (C=O) groups is 1. The molecule has 1 heterocycles. The highest BCUT2D eigenvalue weighted by Crippen LogP contribution is 2.21. The van der Waals surface area contributed by atoms with Gasteiger partial charge in [0.15, 0.2) is 5.69 Å². The molecular weight excluding hydrogens is 286 g/mol. The van der Waals surface area contributed by atoms with Crippen molar-refractivity contribution in [2.75, 3.05) is 6.54 Å². The number of nitrogens with two attached hydrogens (primary N) is 1. The number of hydrogen-bond acceptors (Lipinski definition) is 5. The molecule has 0 atom stereocenters. The van der Waals surface area contributed by atoms with Crippen LogP contribution in [0.4, 0.5) is 5.69 Å². The zero-order valence-corrected chi connectivity index (χ0v) is 12.3. The first-order chi connectivity index (χ1) is 10.3. The van der Waals surface area contributed by atoms with Gasteiger partial charge in [0.1, 0.15) is 5.69 Å². The summed E-state index contributed by atoms with van der Waals surface area (Å²) in [7, 11) is 0. The topological polar surface area (TPSA) is 116 Å². The summed E-state index contributed by atoms with van der Waals surface area (Å²) in [6.07, 6.45) is 1.50. The number of para-hydroxylation sites is 2. The highest BCUT2D eigenvalue weighted by atomic mass is 16.6. The lowest BCUT2D eigenvalue weighted by atomic mass is 10.1. The fraction of sp³-hybridized carbons (Fsp3) is 0.286. The van der Waals surface area contributed by atoms with Crippen LogP contribution in [-0.2, 0) is 0 Å². The zero-order chi connectivity index (χ0) is 16.3. The second-order valence-corrected chi connectivity index (χ2v) is 5.56. The average molecular weight is 303 g/mol. The minimum Gasteiger partial charge on any atom is -0.349 e. The van der Waals surface area contributed by atoms with Gasteiger partial charge in [-0.1, -0.05) is 12.1 Å². The summed E-state index contributed by atoms with van der Waals surface area (Å²) in [5.74, 6) is -0.379. The van der Waals surface area contributed by atoms with Crippen LogP contribution in [0.1, 0.15) is 24.3 Å². The standard InChI is InChI=1S/C14H17N5O3/c1-14(2,15)9-16-13(20)10-7-8-18(17-10)11-5-3-4-6-12(11)19(21)22/h3-8H,9,15H2,1-2H3,(H,16,20). The molecule has 0 radical (unpaired) electrons. The Bertz CT molecular complexity index is 702. The molecule has 0 aliphatic rings. The van der Waals surface area contributed by atoms with Crippen LogP contribution in [0, 0.1) is 10.1 Å². The maximum absolute atomic E-state index is 12.0. The van der Waals surface area contributed by atoms with Crippen LogP contribution in [-0.4, -0.2) is 32.7 Å². The third-order valence-electron chi connectivity index (χ3n) is 2.85. The molecular formula is C14H17N5O3. The van der Waals surface area contributed by atoms with Crippen molar-refractivity contribution in [2.24, 2.45) is 5.73 Å². The summed E-state index contributed by atoms with van der Waals surface area (Å²) in [6.45, 7) is 3.88. The van der Waals surface area contributed by atoms with Crippen molar-refractivity contribution >= 4 is 11.6 Å². The Hall–Kier alpha value is -2.74. The Morgan fingerprint density at radius 3 is 2.73 bits per heavy atom. The second-order valence-electron chi connectivity index (χ2n) is 5.56. The van der Waals surface area contributed by atoms with Crippen molar-refractivity contribution < 1.29 is 9.72 Å². The summed E-state index contributed by atoms with van der Waals surface area (Å²) in [6, 6.07) is 7.68. The van der Waals surface area contributed by atoms with E-state index >= 15 is 0 Å². The van der Waals surface area contributed by atoms with Gasteiger partial charge in [0.05, 0.1) is 4.92 Å². The quantitative estimate of drug-likeness (QED) is 0.637. The monoisotopic (exact) mass is 303 g/mol. The Morgan fingerprint density at radius 2 is 2.09 bits per heavy atom. The number of hydrogen-bond donors (Lipinski definition) is 2. The molecule has 0 saturated heterocycles. The Kier molecular flexibility index (Phi) is 4.22. The smallest absolute Gasteiger partial charge is 0.294 e. The number of amides is 1. The molecule has 2 aromatic rings. The predicted octanol–water partition coefficient (Wildman–Crippen LogP) is 1.25. The first kappa shape index (κ1) is 15.6. The number of nitrogens with zero attached hydrogens (tertiary/aromatic N) is 3. The number of nitro groups is 1. The highest BCUT2D eigenvalue weighted by molar-refractivity contribution is 5.92. The van der Waals surface area contributed by atoms with Crippen molar-refractivity contribution in [3.63, 3.8) is 0 Å². The Balaban J connectivity index is 2.22. The summed E-state index contributed by atoms with van der Waals surface area (Å²) in [5, 5.41) is 17.8. The largest absolute Gasteiger partial charge is 0.349 e. The SMILES string of the molecule is CC(C)(N)CNC(=O)c1ccn(-c2ccccc2[N+](=O)[O-])n1. The van der Waals surface area contributed by atoms with Gasteiger partial charge in [-0.05, 0) is 26.0 Å². The molecule has 8 heteroatoms. The third-order valence-corrected chi connectivity index (χ3v) is 2.85. The van der Waals surface area contributed by atoms with Crippen LogP contribution in [0.3, 0.4) is 0 Å². The molecule has 1 amide bonds. The molecule has 0 aliphatic heterocycles. The van der Waals surface area contributed by atoms with Crippen molar-refractivity contribution in [3.8, 4) is 5.69 Å². The van der Waals surface area contributed by atoms with E-state index in [1.165, 1.54) is 23.0 Å². The normalized spacial score (nSPS) is 11.2. The molecule has 3 N–H and O–H groups in total. The fourth-order valence-electron chi connectivity index (χ4n) is 1.79. The second kappa shape index (κ2) is 5.94. The molecule has 0 unspecified atom stereocenters. The van der Waals surface area contributed by atoms with Gasteiger partial charge in [-0.2, -0.15) is 5.10 Å².